The number of rotatable bonds is 8. The maximum Gasteiger partial charge on any atom is 0.368 e. The molecule has 5 rings (SSSR count). The highest BCUT2D eigenvalue weighted by Crippen LogP contribution is 2.39. The van der Waals surface area contributed by atoms with Crippen LogP contribution in [0.2, 0.25) is 0 Å². The SMILES string of the molecule is [2H]C([2H])([2H])n1nnn(-c2cc(Nc3ncc([N+]#[C-])c(N[C@@H]4C[C@@H]5CCCN5C(C)(C)C4)n3)c(F)cc2OCC(C)(C)O)c1=O. The van der Waals surface area contributed by atoms with Gasteiger partial charge in [-0.2, -0.15) is 9.36 Å². The van der Waals surface area contributed by atoms with Crippen molar-refractivity contribution in [1.82, 2.24) is 34.7 Å². The number of aryl methyl sites for hydroxylation is 1. The predicted octanol–water partition coefficient (Wildman–Crippen LogP) is 3.16. The number of piperidine rings is 1. The van der Waals surface area contributed by atoms with Crippen molar-refractivity contribution in [2.45, 2.75) is 76.6 Å². The molecule has 14 heteroatoms. The summed E-state index contributed by atoms with van der Waals surface area (Å²) in [6.07, 6.45) is 5.37. The molecular weight excluding hydrogens is 531 g/mol. The topological polar surface area (TPSA) is 140 Å². The molecular formula is C27H35FN10O3. The Hall–Kier alpha value is -4.09. The molecule has 3 aromatic rings. The van der Waals surface area contributed by atoms with Gasteiger partial charge in [0, 0.05) is 41.0 Å². The Labute approximate surface area is 241 Å². The molecule has 0 bridgehead atoms. The molecule has 3 N–H and O–H groups in total. The lowest BCUT2D eigenvalue weighted by Crippen LogP contribution is -2.55. The lowest BCUT2D eigenvalue weighted by Gasteiger charge is -2.48. The Bertz CT molecular complexity index is 1640. The summed E-state index contributed by atoms with van der Waals surface area (Å²) in [6, 6.07) is 2.65. The van der Waals surface area contributed by atoms with Gasteiger partial charge in [0.1, 0.15) is 23.9 Å². The van der Waals surface area contributed by atoms with Crippen LogP contribution in [0.4, 0.5) is 27.5 Å². The van der Waals surface area contributed by atoms with E-state index in [4.69, 9.17) is 15.4 Å². The van der Waals surface area contributed by atoms with Crippen molar-refractivity contribution in [2.24, 2.45) is 6.98 Å². The fraction of sp³-hybridized carbons (Fsp3) is 0.556. The number of nitrogens with one attached hydrogen (secondary N) is 2. The van der Waals surface area contributed by atoms with Crippen molar-refractivity contribution in [2.75, 3.05) is 23.8 Å². The van der Waals surface area contributed by atoms with Crippen molar-refractivity contribution >= 4 is 23.1 Å². The van der Waals surface area contributed by atoms with Crippen LogP contribution in [-0.2, 0) is 6.98 Å². The normalized spacial score (nSPS) is 21.7. The molecule has 1 aromatic carbocycles. The van der Waals surface area contributed by atoms with Crippen LogP contribution in [0, 0.1) is 12.4 Å². The minimum absolute atomic E-state index is 0.0163. The summed E-state index contributed by atoms with van der Waals surface area (Å²) >= 11 is 0. The molecule has 0 amide bonds. The molecule has 2 aliphatic rings. The third-order valence-corrected chi connectivity index (χ3v) is 7.37. The Morgan fingerprint density at radius 3 is 2.88 bits per heavy atom. The van der Waals surface area contributed by atoms with Crippen LogP contribution in [0.5, 0.6) is 5.75 Å². The second kappa shape index (κ2) is 10.7. The lowest BCUT2D eigenvalue weighted by atomic mass is 9.84. The van der Waals surface area contributed by atoms with Gasteiger partial charge in [0.2, 0.25) is 11.6 Å². The molecule has 4 heterocycles. The zero-order chi connectivity index (χ0) is 32.0. The molecule has 0 unspecified atom stereocenters. The number of anilines is 3. The number of hydrogen-bond donors (Lipinski definition) is 3. The molecule has 41 heavy (non-hydrogen) atoms. The van der Waals surface area contributed by atoms with Crippen molar-refractivity contribution in [3.8, 4) is 11.4 Å². The van der Waals surface area contributed by atoms with Gasteiger partial charge in [0.15, 0.2) is 5.82 Å². The minimum Gasteiger partial charge on any atom is -0.488 e. The molecule has 0 spiro atoms. The van der Waals surface area contributed by atoms with Crippen LogP contribution < -0.4 is 21.1 Å². The van der Waals surface area contributed by atoms with E-state index in [2.05, 4.69) is 54.6 Å². The molecule has 2 atom stereocenters. The monoisotopic (exact) mass is 569 g/mol. The van der Waals surface area contributed by atoms with E-state index in [0.717, 1.165) is 38.3 Å². The highest BCUT2D eigenvalue weighted by molar-refractivity contribution is 5.69. The summed E-state index contributed by atoms with van der Waals surface area (Å²) in [7, 11) is 0. The van der Waals surface area contributed by atoms with Crippen molar-refractivity contribution < 1.29 is 18.3 Å². The van der Waals surface area contributed by atoms with Gasteiger partial charge in [0.05, 0.1) is 17.9 Å². The van der Waals surface area contributed by atoms with Crippen LogP contribution in [0.25, 0.3) is 10.5 Å². The van der Waals surface area contributed by atoms with Crippen LogP contribution >= 0.6 is 0 Å². The number of fused-ring (bicyclic) bond motifs is 1. The minimum atomic E-state index is -2.91. The highest BCUT2D eigenvalue weighted by atomic mass is 19.1. The molecule has 2 saturated heterocycles. The summed E-state index contributed by atoms with van der Waals surface area (Å²) in [4.78, 5) is 27.7. The largest absolute Gasteiger partial charge is 0.488 e. The standard InChI is InChI=1S/C27H35FN10O3/c1-26(2)13-16(10-17-8-7-9-37(17)26)31-23-20(29-5)14-30-24(33-23)32-19-12-21(38-25(39)36(6)34-35-38)22(11-18(19)28)41-15-27(3,4)40/h11-12,14,16-17,40H,7-10,13,15H2,1-4,6H3,(H2,30,31,32,33)/t16-,17+/m1/s1/i6D3. The molecule has 2 aromatic heterocycles. The summed E-state index contributed by atoms with van der Waals surface area (Å²) in [6.45, 7) is 12.9. The van der Waals surface area contributed by atoms with Gasteiger partial charge in [-0.1, -0.05) is 0 Å². The van der Waals surface area contributed by atoms with Gasteiger partial charge in [-0.05, 0) is 76.4 Å². The fourth-order valence-electron chi connectivity index (χ4n) is 5.63. The lowest BCUT2D eigenvalue weighted by molar-refractivity contribution is 0.0283. The summed E-state index contributed by atoms with van der Waals surface area (Å²) in [5.41, 5.74) is -2.55. The van der Waals surface area contributed by atoms with Crippen LogP contribution in [0.15, 0.2) is 23.1 Å². The summed E-state index contributed by atoms with van der Waals surface area (Å²) < 4.78 is 44.5. The number of ether oxygens (including phenoxy) is 1. The fourth-order valence-corrected chi connectivity index (χ4v) is 5.63. The zero-order valence-electron chi connectivity index (χ0n) is 26.3. The van der Waals surface area contributed by atoms with E-state index in [0.29, 0.717) is 16.5 Å². The van der Waals surface area contributed by atoms with Gasteiger partial charge in [-0.3, -0.25) is 4.90 Å². The number of benzene rings is 1. The van der Waals surface area contributed by atoms with Crippen LogP contribution in [0.3, 0.4) is 0 Å². The average Bonchev–Trinajstić information content (AvgIpc) is 3.55. The highest BCUT2D eigenvalue weighted by Gasteiger charge is 2.43. The number of nitrogens with zero attached hydrogens (tertiary/aromatic N) is 8. The third kappa shape index (κ3) is 6.01. The van der Waals surface area contributed by atoms with E-state index in [9.17, 15) is 9.90 Å². The van der Waals surface area contributed by atoms with Crippen molar-refractivity contribution in [1.29, 1.82) is 0 Å². The smallest absolute Gasteiger partial charge is 0.368 e. The summed E-state index contributed by atoms with van der Waals surface area (Å²) in [5, 5.41) is 23.4. The summed E-state index contributed by atoms with van der Waals surface area (Å²) in [5.74, 6) is -0.723. The molecule has 0 radical (unpaired) electrons. The van der Waals surface area contributed by atoms with E-state index in [1.165, 1.54) is 26.1 Å². The molecule has 0 aliphatic carbocycles. The first-order valence-electron chi connectivity index (χ1n) is 14.9. The Kier molecular flexibility index (Phi) is 6.45. The van der Waals surface area contributed by atoms with Crippen molar-refractivity contribution in [3.05, 3.63) is 46.0 Å². The second-order valence-corrected chi connectivity index (χ2v) is 11.7. The van der Waals surface area contributed by atoms with Crippen LogP contribution in [0.1, 0.15) is 57.5 Å². The van der Waals surface area contributed by atoms with Gasteiger partial charge in [0.25, 0.3) is 0 Å². The van der Waals surface area contributed by atoms with E-state index in [1.807, 2.05) is 0 Å². The number of halogens is 1. The van der Waals surface area contributed by atoms with Gasteiger partial charge < -0.3 is 20.5 Å². The number of aliphatic hydroxyl groups is 1. The zero-order valence-corrected chi connectivity index (χ0v) is 23.3. The number of tetrazole rings is 1. The van der Waals surface area contributed by atoms with Crippen molar-refractivity contribution in [3.63, 3.8) is 0 Å². The molecule has 0 saturated carbocycles. The van der Waals surface area contributed by atoms with E-state index in [1.54, 1.807) is 0 Å². The van der Waals surface area contributed by atoms with E-state index < -0.39 is 24.1 Å². The molecule has 218 valence electrons. The molecule has 2 fully saturated rings. The average molecular weight is 570 g/mol. The third-order valence-electron chi connectivity index (χ3n) is 7.37. The number of hydrogen-bond acceptors (Lipinski definition) is 10. The molecule has 13 nitrogen and oxygen atoms in total. The van der Waals surface area contributed by atoms with E-state index in [-0.39, 0.29) is 51.6 Å². The first kappa shape index (κ1) is 24.7. The van der Waals surface area contributed by atoms with Gasteiger partial charge in [-0.15, -0.1) is 0 Å². The Morgan fingerprint density at radius 2 is 2.17 bits per heavy atom. The Morgan fingerprint density at radius 1 is 1.37 bits per heavy atom. The van der Waals surface area contributed by atoms with Gasteiger partial charge >= 0.3 is 5.69 Å². The van der Waals surface area contributed by atoms with Crippen LogP contribution in [-0.4, -0.2) is 76.1 Å². The predicted molar refractivity (Wildman–Crippen MR) is 150 cm³/mol. The number of aromatic nitrogens is 6. The molecule has 2 aliphatic heterocycles. The second-order valence-electron chi connectivity index (χ2n) is 11.7. The Balaban J connectivity index is 1.47. The first-order chi connectivity index (χ1) is 20.6. The maximum absolute atomic E-state index is 15.4. The van der Waals surface area contributed by atoms with Gasteiger partial charge in [-0.25, -0.2) is 24.0 Å². The quantitative estimate of drug-likeness (QED) is 0.347. The van der Waals surface area contributed by atoms with E-state index >= 15 is 4.39 Å². The first-order valence-corrected chi connectivity index (χ1v) is 13.4. The maximum atomic E-state index is 15.4.